The lowest BCUT2D eigenvalue weighted by molar-refractivity contribution is 0.0600. The van der Waals surface area contributed by atoms with Gasteiger partial charge in [-0.05, 0) is 48.5 Å². The molecule has 0 saturated carbocycles. The van der Waals surface area contributed by atoms with E-state index in [-0.39, 0.29) is 5.91 Å². The number of hydrogen-bond acceptors (Lipinski definition) is 5. The summed E-state index contributed by atoms with van der Waals surface area (Å²) in [4.78, 5) is 28.0. The smallest absolute Gasteiger partial charge is 0.337 e. The SMILES string of the molecule is COC(=O)c1ccc(NC(=O)c2ccc(Nc3ccccc3Cl)nc2)cc1. The Balaban J connectivity index is 1.65. The number of carbonyl (C=O) groups excluding carboxylic acids is 2. The molecule has 7 heteroatoms. The zero-order chi connectivity index (χ0) is 19.2. The first-order chi connectivity index (χ1) is 13.1. The van der Waals surface area contributed by atoms with E-state index in [0.717, 1.165) is 5.69 Å². The van der Waals surface area contributed by atoms with Crippen LogP contribution in [0.15, 0.2) is 66.9 Å². The average Bonchev–Trinajstić information content (AvgIpc) is 2.70. The molecule has 1 aromatic heterocycles. The van der Waals surface area contributed by atoms with Gasteiger partial charge in [0.15, 0.2) is 0 Å². The third-order valence-electron chi connectivity index (χ3n) is 3.73. The number of hydrogen-bond donors (Lipinski definition) is 2. The van der Waals surface area contributed by atoms with Crippen molar-refractivity contribution in [3.8, 4) is 0 Å². The van der Waals surface area contributed by atoms with E-state index in [9.17, 15) is 9.59 Å². The van der Waals surface area contributed by atoms with Crippen molar-refractivity contribution in [2.45, 2.75) is 0 Å². The van der Waals surface area contributed by atoms with Gasteiger partial charge in [-0.25, -0.2) is 9.78 Å². The monoisotopic (exact) mass is 381 g/mol. The van der Waals surface area contributed by atoms with Gasteiger partial charge < -0.3 is 15.4 Å². The van der Waals surface area contributed by atoms with Crippen LogP contribution < -0.4 is 10.6 Å². The molecule has 0 aliphatic rings. The second-order valence-electron chi connectivity index (χ2n) is 5.56. The Morgan fingerprint density at radius 3 is 2.30 bits per heavy atom. The summed E-state index contributed by atoms with van der Waals surface area (Å²) in [6, 6.07) is 17.1. The standard InChI is InChI=1S/C20H16ClN3O3/c1-27-20(26)13-6-9-15(10-7-13)23-19(25)14-8-11-18(22-12-14)24-17-5-3-2-4-16(17)21/h2-12H,1H3,(H,22,24)(H,23,25). The van der Waals surface area contributed by atoms with Crippen LogP contribution in [0.1, 0.15) is 20.7 Å². The number of amides is 1. The highest BCUT2D eigenvalue weighted by Crippen LogP contribution is 2.23. The van der Waals surface area contributed by atoms with E-state index in [1.807, 2.05) is 18.2 Å². The Hall–Kier alpha value is -3.38. The summed E-state index contributed by atoms with van der Waals surface area (Å²) in [5, 5.41) is 6.42. The van der Waals surface area contributed by atoms with Crippen LogP contribution in [0.3, 0.4) is 0 Å². The number of methoxy groups -OCH3 is 1. The lowest BCUT2D eigenvalue weighted by Crippen LogP contribution is -2.12. The van der Waals surface area contributed by atoms with Crippen molar-refractivity contribution in [2.75, 3.05) is 17.7 Å². The average molecular weight is 382 g/mol. The van der Waals surface area contributed by atoms with E-state index < -0.39 is 5.97 Å². The fourth-order valence-electron chi connectivity index (χ4n) is 2.31. The Morgan fingerprint density at radius 1 is 0.963 bits per heavy atom. The summed E-state index contributed by atoms with van der Waals surface area (Å²) in [6.45, 7) is 0. The molecule has 2 aromatic carbocycles. The number of anilines is 3. The third-order valence-corrected chi connectivity index (χ3v) is 4.06. The minimum Gasteiger partial charge on any atom is -0.465 e. The minimum atomic E-state index is -0.432. The van der Waals surface area contributed by atoms with Crippen molar-refractivity contribution in [3.05, 3.63) is 83.0 Å². The highest BCUT2D eigenvalue weighted by molar-refractivity contribution is 6.33. The zero-order valence-electron chi connectivity index (χ0n) is 14.4. The zero-order valence-corrected chi connectivity index (χ0v) is 15.2. The van der Waals surface area contributed by atoms with Gasteiger partial charge in [0, 0.05) is 11.9 Å². The van der Waals surface area contributed by atoms with Gasteiger partial charge in [0.2, 0.25) is 0 Å². The van der Waals surface area contributed by atoms with Gasteiger partial charge >= 0.3 is 5.97 Å². The molecule has 6 nitrogen and oxygen atoms in total. The van der Waals surface area contributed by atoms with E-state index >= 15 is 0 Å². The predicted molar refractivity (Wildman–Crippen MR) is 105 cm³/mol. The Morgan fingerprint density at radius 2 is 1.67 bits per heavy atom. The van der Waals surface area contributed by atoms with Gasteiger partial charge in [-0.15, -0.1) is 0 Å². The number of pyridine rings is 1. The van der Waals surface area contributed by atoms with Gasteiger partial charge in [0.25, 0.3) is 5.91 Å². The molecule has 3 aromatic rings. The minimum absolute atomic E-state index is 0.308. The van der Waals surface area contributed by atoms with Gasteiger partial charge in [0.1, 0.15) is 5.82 Å². The Kier molecular flexibility index (Phi) is 5.68. The molecular formula is C20H16ClN3O3. The van der Waals surface area contributed by atoms with Crippen LogP contribution in [0.4, 0.5) is 17.2 Å². The van der Waals surface area contributed by atoms with Crippen LogP contribution in [0.5, 0.6) is 0 Å². The highest BCUT2D eigenvalue weighted by Gasteiger charge is 2.09. The van der Waals surface area contributed by atoms with Crippen LogP contribution in [0, 0.1) is 0 Å². The molecular weight excluding hydrogens is 366 g/mol. The number of carbonyl (C=O) groups is 2. The van der Waals surface area contributed by atoms with E-state index in [0.29, 0.717) is 27.7 Å². The van der Waals surface area contributed by atoms with Crippen molar-refractivity contribution in [3.63, 3.8) is 0 Å². The topological polar surface area (TPSA) is 80.3 Å². The molecule has 0 aliphatic carbocycles. The molecule has 1 heterocycles. The first kappa shape index (κ1) is 18.4. The predicted octanol–water partition coefficient (Wildman–Crippen LogP) is 4.52. The van der Waals surface area contributed by atoms with Gasteiger partial charge in [0.05, 0.1) is 28.9 Å². The fourth-order valence-corrected chi connectivity index (χ4v) is 2.50. The molecule has 2 N–H and O–H groups in total. The van der Waals surface area contributed by atoms with E-state index in [1.165, 1.54) is 13.3 Å². The molecule has 0 spiro atoms. The quantitative estimate of drug-likeness (QED) is 0.635. The van der Waals surface area contributed by atoms with Crippen molar-refractivity contribution in [2.24, 2.45) is 0 Å². The van der Waals surface area contributed by atoms with E-state index in [2.05, 4.69) is 20.4 Å². The molecule has 1 amide bonds. The number of benzene rings is 2. The molecule has 0 aliphatic heterocycles. The van der Waals surface area contributed by atoms with Gasteiger partial charge in [-0.2, -0.15) is 0 Å². The highest BCUT2D eigenvalue weighted by atomic mass is 35.5. The van der Waals surface area contributed by atoms with Crippen molar-refractivity contribution < 1.29 is 14.3 Å². The molecule has 0 saturated heterocycles. The number of aromatic nitrogens is 1. The molecule has 136 valence electrons. The van der Waals surface area contributed by atoms with Crippen molar-refractivity contribution >= 4 is 40.7 Å². The molecule has 0 unspecified atom stereocenters. The molecule has 3 rings (SSSR count). The van der Waals surface area contributed by atoms with Crippen molar-refractivity contribution in [1.82, 2.24) is 4.98 Å². The number of ether oxygens (including phenoxy) is 1. The largest absolute Gasteiger partial charge is 0.465 e. The summed E-state index contributed by atoms with van der Waals surface area (Å²) < 4.78 is 4.64. The maximum absolute atomic E-state index is 12.3. The molecule has 0 atom stereocenters. The summed E-state index contributed by atoms with van der Waals surface area (Å²) in [5.74, 6) is -0.168. The molecule has 0 fully saturated rings. The van der Waals surface area contributed by atoms with Crippen LogP contribution in [0.2, 0.25) is 5.02 Å². The van der Waals surface area contributed by atoms with E-state index in [1.54, 1.807) is 42.5 Å². The number of nitrogens with one attached hydrogen (secondary N) is 2. The lowest BCUT2D eigenvalue weighted by atomic mass is 10.2. The molecule has 27 heavy (non-hydrogen) atoms. The van der Waals surface area contributed by atoms with Crippen molar-refractivity contribution in [1.29, 1.82) is 0 Å². The fraction of sp³-hybridized carbons (Fsp3) is 0.0500. The summed E-state index contributed by atoms with van der Waals surface area (Å²) in [5.41, 5.74) is 2.10. The Labute approximate surface area is 161 Å². The normalized spacial score (nSPS) is 10.1. The van der Waals surface area contributed by atoms with Crippen LogP contribution in [-0.2, 0) is 4.74 Å². The van der Waals surface area contributed by atoms with Crippen LogP contribution in [-0.4, -0.2) is 24.0 Å². The first-order valence-electron chi connectivity index (χ1n) is 8.04. The lowest BCUT2D eigenvalue weighted by Gasteiger charge is -2.09. The van der Waals surface area contributed by atoms with Crippen LogP contribution in [0.25, 0.3) is 0 Å². The maximum atomic E-state index is 12.3. The molecule has 0 bridgehead atoms. The summed E-state index contributed by atoms with van der Waals surface area (Å²) >= 11 is 6.10. The summed E-state index contributed by atoms with van der Waals surface area (Å²) in [6.07, 6.45) is 1.47. The van der Waals surface area contributed by atoms with Crippen LogP contribution >= 0.6 is 11.6 Å². The van der Waals surface area contributed by atoms with E-state index in [4.69, 9.17) is 11.6 Å². The van der Waals surface area contributed by atoms with Gasteiger partial charge in [-0.3, -0.25) is 4.79 Å². The second-order valence-corrected chi connectivity index (χ2v) is 5.97. The number of halogens is 1. The number of para-hydroxylation sites is 1. The second kappa shape index (κ2) is 8.33. The molecule has 0 radical (unpaired) electrons. The summed E-state index contributed by atoms with van der Waals surface area (Å²) in [7, 11) is 1.31. The maximum Gasteiger partial charge on any atom is 0.337 e. The third kappa shape index (κ3) is 4.62. The van der Waals surface area contributed by atoms with Gasteiger partial charge in [-0.1, -0.05) is 23.7 Å². The number of esters is 1. The number of rotatable bonds is 5. The number of nitrogens with zero attached hydrogens (tertiary/aromatic N) is 1. The first-order valence-corrected chi connectivity index (χ1v) is 8.42. The Bertz CT molecular complexity index is 957.